The molecule has 1 fully saturated rings. The van der Waals surface area contributed by atoms with Crippen LogP contribution >= 0.6 is 11.3 Å². The van der Waals surface area contributed by atoms with Gasteiger partial charge in [-0.15, -0.1) is 11.3 Å². The minimum Gasteiger partial charge on any atom is -0.350 e. The first-order chi connectivity index (χ1) is 12.6. The summed E-state index contributed by atoms with van der Waals surface area (Å²) in [5.41, 5.74) is 0.853. The van der Waals surface area contributed by atoms with Gasteiger partial charge in [0.25, 0.3) is 0 Å². The largest absolute Gasteiger partial charge is 0.350 e. The zero-order valence-electron chi connectivity index (χ0n) is 14.7. The first-order valence-electron chi connectivity index (χ1n) is 8.75. The molecular formula is C18H23N5O2S. The maximum Gasteiger partial charge on any atom is 0.243 e. The first-order valence-corrected chi connectivity index (χ1v) is 9.63. The number of aromatic nitrogens is 2. The predicted molar refractivity (Wildman–Crippen MR) is 101 cm³/mol. The molecule has 2 N–H and O–H groups in total. The van der Waals surface area contributed by atoms with Crippen molar-refractivity contribution in [2.75, 3.05) is 18.4 Å². The molecule has 0 aromatic carbocycles. The lowest BCUT2D eigenvalue weighted by molar-refractivity contribution is -0.127. The summed E-state index contributed by atoms with van der Waals surface area (Å²) in [6.45, 7) is 3.80. The van der Waals surface area contributed by atoms with E-state index in [1.165, 1.54) is 11.3 Å². The van der Waals surface area contributed by atoms with Crippen LogP contribution in [0.5, 0.6) is 0 Å². The van der Waals surface area contributed by atoms with Crippen molar-refractivity contribution in [3.05, 3.63) is 41.7 Å². The molecule has 0 unspecified atom stereocenters. The van der Waals surface area contributed by atoms with E-state index < -0.39 is 0 Å². The molecule has 3 heterocycles. The number of piperidine rings is 1. The van der Waals surface area contributed by atoms with Gasteiger partial charge in [0, 0.05) is 23.7 Å². The van der Waals surface area contributed by atoms with Crippen molar-refractivity contribution < 1.29 is 9.59 Å². The van der Waals surface area contributed by atoms with Crippen LogP contribution in [0.2, 0.25) is 0 Å². The lowest BCUT2D eigenvalue weighted by Gasteiger charge is -2.34. The summed E-state index contributed by atoms with van der Waals surface area (Å²) in [6.07, 6.45) is 4.89. The molecular weight excluding hydrogens is 350 g/mol. The molecule has 2 aromatic rings. The summed E-state index contributed by atoms with van der Waals surface area (Å²) in [5.74, 6) is -0.00242. The third-order valence-corrected chi connectivity index (χ3v) is 5.35. The van der Waals surface area contributed by atoms with Gasteiger partial charge in [0.2, 0.25) is 11.8 Å². The summed E-state index contributed by atoms with van der Waals surface area (Å²) in [6, 6.07) is 5.42. The van der Waals surface area contributed by atoms with Crippen LogP contribution in [0.4, 0.5) is 5.13 Å². The SMILES string of the molecule is C[C@H](C(=O)Nc1nccs1)N1CCC(C(=O)NCc2ccccn2)CC1. The molecule has 3 rings (SSSR count). The number of nitrogens with zero attached hydrogens (tertiary/aromatic N) is 3. The Bertz CT molecular complexity index is 714. The highest BCUT2D eigenvalue weighted by Crippen LogP contribution is 2.20. The summed E-state index contributed by atoms with van der Waals surface area (Å²) in [5, 5.41) is 8.24. The molecule has 138 valence electrons. The van der Waals surface area contributed by atoms with Crippen LogP contribution in [0, 0.1) is 5.92 Å². The van der Waals surface area contributed by atoms with Crippen molar-refractivity contribution in [1.82, 2.24) is 20.2 Å². The Hall–Kier alpha value is -2.32. The number of hydrogen-bond acceptors (Lipinski definition) is 6. The number of anilines is 1. The average Bonchev–Trinajstić information content (AvgIpc) is 3.19. The number of carbonyl (C=O) groups is 2. The molecule has 1 aliphatic heterocycles. The number of pyridine rings is 1. The highest BCUT2D eigenvalue weighted by atomic mass is 32.1. The van der Waals surface area contributed by atoms with Gasteiger partial charge in [0.1, 0.15) is 0 Å². The van der Waals surface area contributed by atoms with Crippen LogP contribution in [-0.2, 0) is 16.1 Å². The zero-order valence-corrected chi connectivity index (χ0v) is 15.5. The monoisotopic (exact) mass is 373 g/mol. The van der Waals surface area contributed by atoms with E-state index in [9.17, 15) is 9.59 Å². The molecule has 2 aromatic heterocycles. The molecule has 1 atom stereocenters. The Morgan fingerprint density at radius 2 is 2.08 bits per heavy atom. The summed E-state index contributed by atoms with van der Waals surface area (Å²) >= 11 is 1.40. The molecule has 0 aliphatic carbocycles. The second-order valence-electron chi connectivity index (χ2n) is 6.35. The lowest BCUT2D eigenvalue weighted by atomic mass is 9.95. The van der Waals surface area contributed by atoms with E-state index in [1.54, 1.807) is 12.4 Å². The molecule has 0 saturated carbocycles. The fourth-order valence-corrected chi connectivity index (χ4v) is 3.57. The highest BCUT2D eigenvalue weighted by molar-refractivity contribution is 7.13. The molecule has 0 bridgehead atoms. The van der Waals surface area contributed by atoms with E-state index in [0.29, 0.717) is 11.7 Å². The van der Waals surface area contributed by atoms with Gasteiger partial charge in [-0.1, -0.05) is 6.07 Å². The van der Waals surface area contributed by atoms with Crippen molar-refractivity contribution in [3.8, 4) is 0 Å². The first kappa shape index (κ1) is 18.5. The molecule has 8 heteroatoms. The van der Waals surface area contributed by atoms with Crippen molar-refractivity contribution >= 4 is 28.3 Å². The van der Waals surface area contributed by atoms with E-state index in [-0.39, 0.29) is 23.8 Å². The number of hydrogen-bond donors (Lipinski definition) is 2. The average molecular weight is 373 g/mol. The predicted octanol–water partition coefficient (Wildman–Crippen LogP) is 1.89. The van der Waals surface area contributed by atoms with Crippen LogP contribution in [-0.4, -0.2) is 45.8 Å². The van der Waals surface area contributed by atoms with Gasteiger partial charge >= 0.3 is 0 Å². The Labute approximate surface area is 156 Å². The summed E-state index contributed by atoms with van der Waals surface area (Å²) < 4.78 is 0. The number of likely N-dealkylation sites (tertiary alicyclic amines) is 1. The number of nitrogens with one attached hydrogen (secondary N) is 2. The minimum atomic E-state index is -0.239. The molecule has 0 spiro atoms. The van der Waals surface area contributed by atoms with Crippen molar-refractivity contribution in [3.63, 3.8) is 0 Å². The zero-order chi connectivity index (χ0) is 18.4. The third kappa shape index (κ3) is 4.86. The fourth-order valence-electron chi connectivity index (χ4n) is 3.03. The van der Waals surface area contributed by atoms with Gasteiger partial charge in [-0.25, -0.2) is 4.98 Å². The van der Waals surface area contributed by atoms with Crippen LogP contribution < -0.4 is 10.6 Å². The van der Waals surface area contributed by atoms with Gasteiger partial charge in [-0.05, 0) is 45.0 Å². The molecule has 7 nitrogen and oxygen atoms in total. The molecule has 2 amide bonds. The Balaban J connectivity index is 1.43. The third-order valence-electron chi connectivity index (χ3n) is 4.66. The van der Waals surface area contributed by atoms with Crippen molar-refractivity contribution in [2.45, 2.75) is 32.4 Å². The Morgan fingerprint density at radius 1 is 1.27 bits per heavy atom. The van der Waals surface area contributed by atoms with Crippen LogP contribution in [0.3, 0.4) is 0 Å². The van der Waals surface area contributed by atoms with Crippen LogP contribution in [0.15, 0.2) is 36.0 Å². The quantitative estimate of drug-likeness (QED) is 0.807. The normalized spacial score (nSPS) is 16.8. The number of amides is 2. The summed E-state index contributed by atoms with van der Waals surface area (Å²) in [4.78, 5) is 35.1. The highest BCUT2D eigenvalue weighted by Gasteiger charge is 2.29. The lowest BCUT2D eigenvalue weighted by Crippen LogP contribution is -2.48. The smallest absolute Gasteiger partial charge is 0.243 e. The number of rotatable bonds is 6. The van der Waals surface area contributed by atoms with E-state index in [4.69, 9.17) is 0 Å². The maximum absolute atomic E-state index is 12.3. The number of thiazole rings is 1. The van der Waals surface area contributed by atoms with Crippen LogP contribution in [0.25, 0.3) is 0 Å². The van der Waals surface area contributed by atoms with Crippen molar-refractivity contribution in [1.29, 1.82) is 0 Å². The van der Waals surface area contributed by atoms with Crippen molar-refractivity contribution in [2.24, 2.45) is 5.92 Å². The van der Waals surface area contributed by atoms with Gasteiger partial charge in [0.05, 0.1) is 18.3 Å². The Morgan fingerprint density at radius 3 is 2.73 bits per heavy atom. The molecule has 26 heavy (non-hydrogen) atoms. The van der Waals surface area contributed by atoms with Crippen LogP contribution in [0.1, 0.15) is 25.5 Å². The van der Waals surface area contributed by atoms with Gasteiger partial charge in [0.15, 0.2) is 5.13 Å². The Kier molecular flexibility index (Phi) is 6.30. The summed E-state index contributed by atoms with van der Waals surface area (Å²) in [7, 11) is 0. The second-order valence-corrected chi connectivity index (χ2v) is 7.25. The standard InChI is InChI=1S/C18H23N5O2S/c1-13(16(24)22-18-20-8-11-26-18)23-9-5-14(6-10-23)17(25)21-12-15-4-2-3-7-19-15/h2-4,7-8,11,13-14H,5-6,9-10,12H2,1H3,(H,21,25)(H,20,22,24)/t13-/m1/s1. The molecule has 1 aliphatic rings. The van der Waals surface area contributed by atoms with E-state index in [2.05, 4.69) is 25.5 Å². The van der Waals surface area contributed by atoms with Gasteiger partial charge in [-0.3, -0.25) is 19.5 Å². The fraction of sp³-hybridized carbons (Fsp3) is 0.444. The minimum absolute atomic E-state index is 0.0100. The molecule has 0 radical (unpaired) electrons. The van der Waals surface area contributed by atoms with Gasteiger partial charge < -0.3 is 10.6 Å². The second kappa shape index (κ2) is 8.86. The van der Waals surface area contributed by atoms with E-state index >= 15 is 0 Å². The maximum atomic E-state index is 12.3. The topological polar surface area (TPSA) is 87.2 Å². The van der Waals surface area contributed by atoms with Gasteiger partial charge in [-0.2, -0.15) is 0 Å². The van der Waals surface area contributed by atoms with E-state index in [0.717, 1.165) is 31.6 Å². The molecule has 1 saturated heterocycles. The number of carbonyl (C=O) groups excluding carboxylic acids is 2. The van der Waals surface area contributed by atoms with E-state index in [1.807, 2.05) is 30.5 Å².